The first-order valence-corrected chi connectivity index (χ1v) is 15.4. The van der Waals surface area contributed by atoms with Crippen LogP contribution in [0.3, 0.4) is 0 Å². The van der Waals surface area contributed by atoms with Gasteiger partial charge < -0.3 is 23.6 Å². The van der Waals surface area contributed by atoms with E-state index in [0.29, 0.717) is 6.61 Å². The lowest BCUT2D eigenvalue weighted by Crippen LogP contribution is -2.25. The van der Waals surface area contributed by atoms with Gasteiger partial charge in [0.1, 0.15) is 12.3 Å². The maximum atomic E-state index is 11.9. The Morgan fingerprint density at radius 1 is 0.765 bits per heavy atom. The van der Waals surface area contributed by atoms with Gasteiger partial charge in [0.25, 0.3) is 0 Å². The SMILES string of the molecule is CCCCCCCCCCCCCCCCCCOC[C@H](COP(=O)(O)CC(=O)OCC)OC. The molecule has 0 aromatic heterocycles. The molecule has 0 aliphatic heterocycles. The van der Waals surface area contributed by atoms with Crippen LogP contribution in [-0.4, -0.2) is 56.7 Å². The van der Waals surface area contributed by atoms with Crippen molar-refractivity contribution >= 4 is 13.6 Å². The molecule has 1 unspecified atom stereocenters. The van der Waals surface area contributed by atoms with Gasteiger partial charge in [0.15, 0.2) is 0 Å². The fourth-order valence-electron chi connectivity index (χ4n) is 3.77. The van der Waals surface area contributed by atoms with Crippen molar-refractivity contribution in [3.05, 3.63) is 0 Å². The van der Waals surface area contributed by atoms with Gasteiger partial charge in [0.05, 0.1) is 19.8 Å². The van der Waals surface area contributed by atoms with E-state index in [2.05, 4.69) is 11.7 Å². The molecule has 2 atom stereocenters. The molecule has 0 aliphatic carbocycles. The molecule has 204 valence electrons. The van der Waals surface area contributed by atoms with Crippen LogP contribution in [0.2, 0.25) is 0 Å². The minimum atomic E-state index is -4.03. The highest BCUT2D eigenvalue weighted by molar-refractivity contribution is 7.53. The normalized spacial score (nSPS) is 14.1. The number of carbonyl (C=O) groups is 1. The van der Waals surface area contributed by atoms with E-state index in [1.807, 2.05) is 0 Å². The van der Waals surface area contributed by atoms with E-state index in [1.54, 1.807) is 6.92 Å². The van der Waals surface area contributed by atoms with Crippen molar-refractivity contribution in [3.8, 4) is 0 Å². The van der Waals surface area contributed by atoms with Crippen LogP contribution in [0, 0.1) is 0 Å². The van der Waals surface area contributed by atoms with Gasteiger partial charge in [0.2, 0.25) is 0 Å². The van der Waals surface area contributed by atoms with Gasteiger partial charge in [-0.2, -0.15) is 0 Å². The molecule has 1 N–H and O–H groups in total. The molecular formula is C26H53O7P. The summed E-state index contributed by atoms with van der Waals surface area (Å²) >= 11 is 0. The van der Waals surface area contributed by atoms with Crippen molar-refractivity contribution in [3.63, 3.8) is 0 Å². The Balaban J connectivity index is 3.47. The molecule has 0 fully saturated rings. The molecule has 0 aromatic rings. The second-order valence-electron chi connectivity index (χ2n) is 9.13. The highest BCUT2D eigenvalue weighted by Gasteiger charge is 2.26. The van der Waals surface area contributed by atoms with Crippen LogP contribution in [0.5, 0.6) is 0 Å². The lowest BCUT2D eigenvalue weighted by Gasteiger charge is -2.18. The number of esters is 1. The van der Waals surface area contributed by atoms with Crippen LogP contribution in [0.15, 0.2) is 0 Å². The summed E-state index contributed by atoms with van der Waals surface area (Å²) in [4.78, 5) is 21.1. The first-order valence-electron chi connectivity index (χ1n) is 13.7. The number of hydrogen-bond donors (Lipinski definition) is 1. The van der Waals surface area contributed by atoms with Gasteiger partial charge in [-0.1, -0.05) is 103 Å². The fraction of sp³-hybridized carbons (Fsp3) is 0.962. The van der Waals surface area contributed by atoms with E-state index in [-0.39, 0.29) is 19.8 Å². The van der Waals surface area contributed by atoms with E-state index in [0.717, 1.165) is 12.8 Å². The van der Waals surface area contributed by atoms with Crippen molar-refractivity contribution in [2.45, 2.75) is 123 Å². The predicted molar refractivity (Wildman–Crippen MR) is 138 cm³/mol. The monoisotopic (exact) mass is 508 g/mol. The second-order valence-corrected chi connectivity index (χ2v) is 11.0. The fourth-order valence-corrected chi connectivity index (χ4v) is 4.67. The molecule has 0 saturated carbocycles. The molecule has 0 amide bonds. The first-order chi connectivity index (χ1) is 16.4. The lowest BCUT2D eigenvalue weighted by atomic mass is 10.0. The molecule has 0 saturated heterocycles. The number of rotatable bonds is 26. The summed E-state index contributed by atoms with van der Waals surface area (Å²) in [7, 11) is -2.53. The molecule has 0 spiro atoms. The third-order valence-corrected chi connectivity index (χ3v) is 7.09. The third kappa shape index (κ3) is 23.3. The zero-order chi connectivity index (χ0) is 25.3. The zero-order valence-corrected chi connectivity index (χ0v) is 23.2. The molecule has 0 aromatic carbocycles. The van der Waals surface area contributed by atoms with Crippen molar-refractivity contribution in [1.29, 1.82) is 0 Å². The molecule has 7 nitrogen and oxygen atoms in total. The highest BCUT2D eigenvalue weighted by Crippen LogP contribution is 2.41. The van der Waals surface area contributed by atoms with Gasteiger partial charge in [-0.25, -0.2) is 0 Å². The van der Waals surface area contributed by atoms with Crippen LogP contribution >= 0.6 is 7.60 Å². The maximum absolute atomic E-state index is 11.9. The summed E-state index contributed by atoms with van der Waals surface area (Å²) in [6, 6.07) is 0. The first kappa shape index (κ1) is 33.5. The Bertz CT molecular complexity index is 502. The quantitative estimate of drug-likeness (QED) is 0.0761. The van der Waals surface area contributed by atoms with Crippen molar-refractivity contribution in [1.82, 2.24) is 0 Å². The van der Waals surface area contributed by atoms with Crippen LogP contribution < -0.4 is 0 Å². The Morgan fingerprint density at radius 2 is 1.24 bits per heavy atom. The minimum Gasteiger partial charge on any atom is -0.466 e. The largest absolute Gasteiger partial charge is 0.466 e. The molecule has 0 aliphatic rings. The Kier molecular flexibility index (Phi) is 23.9. The molecule has 0 heterocycles. The number of carbonyl (C=O) groups excluding carboxylic acids is 1. The van der Waals surface area contributed by atoms with Gasteiger partial charge in [0, 0.05) is 13.7 Å². The number of methoxy groups -OCH3 is 1. The topological polar surface area (TPSA) is 91.3 Å². The molecular weight excluding hydrogens is 455 g/mol. The summed E-state index contributed by atoms with van der Waals surface area (Å²) in [6.45, 7) is 4.88. The Hall–Kier alpha value is -0.460. The van der Waals surface area contributed by atoms with E-state index in [9.17, 15) is 14.3 Å². The standard InChI is InChI=1S/C26H53O7P/c1-4-6-7-8-9-10-11-12-13-14-15-16-17-18-19-20-21-31-22-25(30-3)23-33-34(28,29)24-26(27)32-5-2/h25H,4-24H2,1-3H3,(H,28,29)/t25-/m1/s1. The van der Waals surface area contributed by atoms with E-state index < -0.39 is 25.8 Å². The maximum Gasteiger partial charge on any atom is 0.339 e. The number of unbranched alkanes of at least 4 members (excludes halogenated alkanes) is 15. The smallest absolute Gasteiger partial charge is 0.339 e. The number of ether oxygens (including phenoxy) is 3. The van der Waals surface area contributed by atoms with E-state index in [4.69, 9.17) is 14.0 Å². The summed E-state index contributed by atoms with van der Waals surface area (Å²) < 4.78 is 32.4. The second kappa shape index (κ2) is 24.2. The number of hydrogen-bond acceptors (Lipinski definition) is 6. The zero-order valence-electron chi connectivity index (χ0n) is 22.3. The molecule has 34 heavy (non-hydrogen) atoms. The average molecular weight is 509 g/mol. The Morgan fingerprint density at radius 3 is 1.68 bits per heavy atom. The van der Waals surface area contributed by atoms with E-state index >= 15 is 0 Å². The summed E-state index contributed by atoms with van der Waals surface area (Å²) in [6.07, 6.45) is 20.2. The van der Waals surface area contributed by atoms with Gasteiger partial charge >= 0.3 is 13.6 Å². The van der Waals surface area contributed by atoms with Crippen molar-refractivity contribution < 1.29 is 33.0 Å². The third-order valence-electron chi connectivity index (χ3n) is 5.88. The van der Waals surface area contributed by atoms with Gasteiger partial charge in [-0.3, -0.25) is 9.36 Å². The van der Waals surface area contributed by atoms with Crippen LogP contribution in [0.4, 0.5) is 0 Å². The molecule has 0 bridgehead atoms. The van der Waals surface area contributed by atoms with Crippen LogP contribution in [-0.2, 0) is 28.1 Å². The molecule has 0 radical (unpaired) electrons. The Labute approximate surface area is 209 Å². The van der Waals surface area contributed by atoms with Crippen LogP contribution in [0.25, 0.3) is 0 Å². The summed E-state index contributed by atoms with van der Waals surface area (Å²) in [5.41, 5.74) is 0. The summed E-state index contributed by atoms with van der Waals surface area (Å²) in [5, 5.41) is 0. The van der Waals surface area contributed by atoms with Gasteiger partial charge in [-0.05, 0) is 13.3 Å². The average Bonchev–Trinajstić information content (AvgIpc) is 2.80. The minimum absolute atomic E-state index is 0.108. The molecule has 8 heteroatoms. The van der Waals surface area contributed by atoms with Crippen LogP contribution in [0.1, 0.15) is 117 Å². The summed E-state index contributed by atoms with van der Waals surface area (Å²) in [5.74, 6) is -0.748. The molecule has 0 rings (SSSR count). The lowest BCUT2D eigenvalue weighted by molar-refractivity contribution is -0.140. The predicted octanol–water partition coefficient (Wildman–Crippen LogP) is 7.04. The van der Waals surface area contributed by atoms with E-state index in [1.165, 1.54) is 97.0 Å². The van der Waals surface area contributed by atoms with Crippen molar-refractivity contribution in [2.24, 2.45) is 0 Å². The van der Waals surface area contributed by atoms with Crippen molar-refractivity contribution in [2.75, 3.05) is 39.7 Å². The van der Waals surface area contributed by atoms with Gasteiger partial charge in [-0.15, -0.1) is 0 Å². The highest BCUT2D eigenvalue weighted by atomic mass is 31.2.